The van der Waals surface area contributed by atoms with Crippen molar-refractivity contribution in [3.8, 4) is 0 Å². The highest BCUT2D eigenvalue weighted by molar-refractivity contribution is 5.99. The van der Waals surface area contributed by atoms with E-state index in [-0.39, 0.29) is 0 Å². The lowest BCUT2D eigenvalue weighted by Gasteiger charge is -2.18. The van der Waals surface area contributed by atoms with Crippen molar-refractivity contribution in [2.75, 3.05) is 0 Å². The lowest BCUT2D eigenvalue weighted by atomic mass is 9.93. The fourth-order valence-electron chi connectivity index (χ4n) is 1.43. The zero-order valence-electron chi connectivity index (χ0n) is 7.61. The van der Waals surface area contributed by atoms with E-state index in [1.54, 1.807) is 31.2 Å². The number of carbonyl (C=O) groups is 2. The molecule has 72 valence electrons. The molecule has 0 radical (unpaired) electrons. The lowest BCUT2D eigenvalue weighted by Crippen LogP contribution is -2.39. The van der Waals surface area contributed by atoms with Gasteiger partial charge in [0.05, 0.1) is 0 Å². The Hall–Kier alpha value is -1.84. The second kappa shape index (κ2) is 2.83. The number of esters is 1. The molecule has 1 aromatic rings. The first-order valence-corrected chi connectivity index (χ1v) is 4.23. The molecule has 14 heavy (non-hydrogen) atoms. The molecule has 0 saturated carbocycles. The van der Waals surface area contributed by atoms with Crippen molar-refractivity contribution in [1.29, 1.82) is 0 Å². The van der Waals surface area contributed by atoms with Crippen LogP contribution >= 0.6 is 0 Å². The van der Waals surface area contributed by atoms with Crippen LogP contribution in [0.15, 0.2) is 30.3 Å². The van der Waals surface area contributed by atoms with Crippen molar-refractivity contribution in [3.05, 3.63) is 35.9 Å². The summed E-state index contributed by atoms with van der Waals surface area (Å²) in [5.41, 5.74) is -0.325. The Labute approximate surface area is 80.9 Å². The summed E-state index contributed by atoms with van der Waals surface area (Å²) in [5.74, 6) is -0.561. The highest BCUT2D eigenvalue weighted by Crippen LogP contribution is 2.26. The molecule has 4 heteroatoms. The van der Waals surface area contributed by atoms with Gasteiger partial charge in [-0.3, -0.25) is 0 Å². The van der Waals surface area contributed by atoms with Gasteiger partial charge in [0, 0.05) is 0 Å². The number of nitrogens with one attached hydrogen (secondary N) is 1. The molecular weight excluding hydrogens is 182 g/mol. The maximum atomic E-state index is 11.4. The molecule has 1 N–H and O–H groups in total. The van der Waals surface area contributed by atoms with Gasteiger partial charge in [-0.05, 0) is 12.5 Å². The van der Waals surface area contributed by atoms with Gasteiger partial charge in [0.2, 0.25) is 0 Å². The largest absolute Gasteiger partial charge is 0.416 e. The summed E-state index contributed by atoms with van der Waals surface area (Å²) in [6.07, 6.45) is -0.693. The molecule has 4 nitrogen and oxygen atoms in total. The second-order valence-corrected chi connectivity index (χ2v) is 3.29. The van der Waals surface area contributed by atoms with E-state index in [0.29, 0.717) is 0 Å². The zero-order valence-corrected chi connectivity index (χ0v) is 7.61. The Balaban J connectivity index is 2.43. The number of cyclic esters (lactones) is 2. The van der Waals surface area contributed by atoms with Gasteiger partial charge in [0.25, 0.3) is 0 Å². The molecule has 1 aromatic carbocycles. The van der Waals surface area contributed by atoms with Crippen LogP contribution in [0.2, 0.25) is 0 Å². The Morgan fingerprint density at radius 2 is 1.86 bits per heavy atom. The first-order valence-electron chi connectivity index (χ1n) is 4.23. The van der Waals surface area contributed by atoms with E-state index in [1.165, 1.54) is 0 Å². The van der Waals surface area contributed by atoms with Gasteiger partial charge in [-0.25, -0.2) is 9.59 Å². The van der Waals surface area contributed by atoms with Crippen molar-refractivity contribution in [1.82, 2.24) is 5.32 Å². The molecule has 1 saturated heterocycles. The summed E-state index contributed by atoms with van der Waals surface area (Å²) < 4.78 is 4.44. The zero-order chi connectivity index (χ0) is 10.2. The summed E-state index contributed by atoms with van der Waals surface area (Å²) in [5, 5.41) is 2.49. The normalized spacial score (nSPS) is 25.8. The first-order chi connectivity index (χ1) is 6.63. The van der Waals surface area contributed by atoms with Gasteiger partial charge in [-0.1, -0.05) is 30.3 Å². The summed E-state index contributed by atoms with van der Waals surface area (Å²) in [6.45, 7) is 1.62. The van der Waals surface area contributed by atoms with Crippen molar-refractivity contribution < 1.29 is 14.3 Å². The average Bonchev–Trinajstić information content (AvgIpc) is 2.43. The van der Waals surface area contributed by atoms with Gasteiger partial charge in [-0.2, -0.15) is 0 Å². The summed E-state index contributed by atoms with van der Waals surface area (Å²) in [4.78, 5) is 22.3. The standard InChI is InChI=1S/C10H9NO3/c1-10(7-5-3-2-4-6-7)8(12)14-9(13)11-10/h2-6H,1H3,(H,11,13)/t10-/m1/s1. The molecule has 0 bridgehead atoms. The van der Waals surface area contributed by atoms with Crippen LogP contribution in [0.3, 0.4) is 0 Å². The highest BCUT2D eigenvalue weighted by atomic mass is 16.6. The molecule has 1 aliphatic rings. The van der Waals surface area contributed by atoms with E-state index >= 15 is 0 Å². The summed E-state index contributed by atoms with van der Waals surface area (Å²) in [7, 11) is 0. The molecule has 2 rings (SSSR count). The third-order valence-corrected chi connectivity index (χ3v) is 2.30. The lowest BCUT2D eigenvalue weighted by molar-refractivity contribution is -0.139. The Kier molecular flexibility index (Phi) is 1.77. The highest BCUT2D eigenvalue weighted by Gasteiger charge is 2.45. The Morgan fingerprint density at radius 1 is 1.21 bits per heavy atom. The first kappa shape index (κ1) is 8.74. The van der Waals surface area contributed by atoms with Crippen molar-refractivity contribution in [2.45, 2.75) is 12.5 Å². The molecule has 1 amide bonds. The van der Waals surface area contributed by atoms with Crippen molar-refractivity contribution in [2.24, 2.45) is 0 Å². The van der Waals surface area contributed by atoms with Gasteiger partial charge in [0.1, 0.15) is 0 Å². The molecule has 0 spiro atoms. The van der Waals surface area contributed by atoms with Crippen LogP contribution in [-0.4, -0.2) is 12.1 Å². The third-order valence-electron chi connectivity index (χ3n) is 2.30. The van der Waals surface area contributed by atoms with Gasteiger partial charge >= 0.3 is 12.1 Å². The number of hydrogen-bond acceptors (Lipinski definition) is 3. The number of benzene rings is 1. The fourth-order valence-corrected chi connectivity index (χ4v) is 1.43. The molecule has 0 aliphatic carbocycles. The molecule has 1 aliphatic heterocycles. The number of alkyl carbamates (subject to hydrolysis) is 1. The van der Waals surface area contributed by atoms with Crippen LogP contribution in [0.4, 0.5) is 4.79 Å². The van der Waals surface area contributed by atoms with Gasteiger partial charge in [-0.15, -0.1) is 0 Å². The number of rotatable bonds is 1. The predicted molar refractivity (Wildman–Crippen MR) is 48.4 cm³/mol. The van der Waals surface area contributed by atoms with Crippen LogP contribution in [0, 0.1) is 0 Å². The number of amides is 1. The summed E-state index contributed by atoms with van der Waals surface area (Å²) in [6, 6.07) is 8.99. The van der Waals surface area contributed by atoms with Crippen LogP contribution in [0.25, 0.3) is 0 Å². The topological polar surface area (TPSA) is 55.4 Å². The van der Waals surface area contributed by atoms with Crippen LogP contribution in [-0.2, 0) is 15.1 Å². The van der Waals surface area contributed by atoms with E-state index in [0.717, 1.165) is 5.56 Å². The van der Waals surface area contributed by atoms with E-state index < -0.39 is 17.6 Å². The van der Waals surface area contributed by atoms with Gasteiger partial charge < -0.3 is 10.1 Å². The van der Waals surface area contributed by atoms with E-state index in [9.17, 15) is 9.59 Å². The maximum absolute atomic E-state index is 11.4. The van der Waals surface area contributed by atoms with Crippen LogP contribution in [0.5, 0.6) is 0 Å². The monoisotopic (exact) mass is 191 g/mol. The minimum absolute atomic E-state index is 0.561. The average molecular weight is 191 g/mol. The van der Waals surface area contributed by atoms with Crippen LogP contribution in [0.1, 0.15) is 12.5 Å². The van der Waals surface area contributed by atoms with Gasteiger partial charge in [0.15, 0.2) is 5.54 Å². The second-order valence-electron chi connectivity index (χ2n) is 3.29. The molecule has 1 fully saturated rings. The smallest absolute Gasteiger partial charge is 0.374 e. The number of ether oxygens (including phenoxy) is 1. The molecule has 0 unspecified atom stereocenters. The number of carbonyl (C=O) groups excluding carboxylic acids is 2. The minimum atomic E-state index is -1.04. The number of hydrogen-bond donors (Lipinski definition) is 1. The predicted octanol–water partition coefficient (Wildman–Crippen LogP) is 1.17. The maximum Gasteiger partial charge on any atom is 0.416 e. The Bertz CT molecular complexity index is 388. The van der Waals surface area contributed by atoms with E-state index in [4.69, 9.17) is 0 Å². The minimum Gasteiger partial charge on any atom is -0.374 e. The van der Waals surface area contributed by atoms with Crippen LogP contribution < -0.4 is 5.32 Å². The SMILES string of the molecule is C[C@]1(c2ccccc2)NC(=O)OC1=O. The molecule has 1 atom stereocenters. The molecule has 0 aromatic heterocycles. The third kappa shape index (κ3) is 1.16. The molecular formula is C10H9NO3. The summed E-state index contributed by atoms with van der Waals surface area (Å²) >= 11 is 0. The molecule has 1 heterocycles. The van der Waals surface area contributed by atoms with E-state index in [1.807, 2.05) is 6.07 Å². The quantitative estimate of drug-likeness (QED) is 0.535. The van der Waals surface area contributed by atoms with Crippen molar-refractivity contribution in [3.63, 3.8) is 0 Å². The fraction of sp³-hybridized carbons (Fsp3) is 0.200. The van der Waals surface area contributed by atoms with Crippen molar-refractivity contribution >= 4 is 12.1 Å². The van der Waals surface area contributed by atoms with E-state index in [2.05, 4.69) is 10.1 Å². The Morgan fingerprint density at radius 3 is 2.36 bits per heavy atom.